The summed E-state index contributed by atoms with van der Waals surface area (Å²) >= 11 is 3.45. The number of hydrogen-bond donors (Lipinski definition) is 1. The number of likely N-dealkylation sites (tertiary alicyclic amines) is 1. The summed E-state index contributed by atoms with van der Waals surface area (Å²) in [5, 5.41) is 3.02. The highest BCUT2D eigenvalue weighted by Gasteiger charge is 2.25. The van der Waals surface area contributed by atoms with Crippen LogP contribution in [0.15, 0.2) is 16.6 Å². The number of methoxy groups -OCH3 is 2. The van der Waals surface area contributed by atoms with Crippen molar-refractivity contribution in [2.75, 3.05) is 33.9 Å². The molecule has 0 saturated carbocycles. The van der Waals surface area contributed by atoms with Crippen LogP contribution in [0.4, 0.5) is 4.79 Å². The monoisotopic (exact) mass is 428 g/mol. The van der Waals surface area contributed by atoms with Crippen LogP contribution in [0.2, 0.25) is 0 Å². The first-order valence-corrected chi connectivity index (χ1v) is 9.43. The first-order valence-electron chi connectivity index (χ1n) is 8.64. The molecule has 26 heavy (non-hydrogen) atoms. The molecule has 1 aliphatic rings. The van der Waals surface area contributed by atoms with Crippen molar-refractivity contribution < 1.29 is 23.8 Å². The Labute approximate surface area is 162 Å². The lowest BCUT2D eigenvalue weighted by molar-refractivity contribution is 0.0892. The molecule has 1 heterocycles. The van der Waals surface area contributed by atoms with Gasteiger partial charge in [0.2, 0.25) is 0 Å². The summed E-state index contributed by atoms with van der Waals surface area (Å²) in [6.45, 7) is 3.72. The smallest absolute Gasteiger partial charge is 0.409 e. The molecule has 1 aromatic carbocycles. The zero-order chi connectivity index (χ0) is 19.1. The Morgan fingerprint density at radius 3 is 2.54 bits per heavy atom. The summed E-state index contributed by atoms with van der Waals surface area (Å²) in [5.41, 5.74) is 0.493. The highest BCUT2D eigenvalue weighted by molar-refractivity contribution is 9.10. The molecule has 1 aliphatic heterocycles. The van der Waals surface area contributed by atoms with Gasteiger partial charge in [-0.3, -0.25) is 4.79 Å². The van der Waals surface area contributed by atoms with E-state index in [0.29, 0.717) is 54.1 Å². The molecule has 8 heteroatoms. The van der Waals surface area contributed by atoms with Crippen molar-refractivity contribution in [3.05, 3.63) is 22.2 Å². The van der Waals surface area contributed by atoms with Gasteiger partial charge >= 0.3 is 6.09 Å². The van der Waals surface area contributed by atoms with Crippen LogP contribution >= 0.6 is 15.9 Å². The molecule has 1 aromatic rings. The summed E-state index contributed by atoms with van der Waals surface area (Å²) in [4.78, 5) is 25.8. The zero-order valence-corrected chi connectivity index (χ0v) is 16.9. The van der Waals surface area contributed by atoms with Gasteiger partial charge in [-0.25, -0.2) is 4.79 Å². The van der Waals surface area contributed by atoms with E-state index < -0.39 is 0 Å². The number of carbonyl (C=O) groups is 2. The standard InChI is InChI=1S/C18H25BrN2O5/c1-4-9-26-16-14(19)10-12(11-15(16)24-2)17(22)20-13-5-7-21(8-6-13)18(23)25-3/h10-11,13H,4-9H2,1-3H3,(H,20,22). The number of rotatable bonds is 6. The minimum Gasteiger partial charge on any atom is -0.493 e. The molecule has 1 N–H and O–H groups in total. The maximum atomic E-state index is 12.6. The molecular weight excluding hydrogens is 404 g/mol. The van der Waals surface area contributed by atoms with Gasteiger partial charge in [0.25, 0.3) is 5.91 Å². The average Bonchev–Trinajstić information content (AvgIpc) is 2.66. The fourth-order valence-electron chi connectivity index (χ4n) is 2.80. The van der Waals surface area contributed by atoms with Crippen LogP contribution in [0, 0.1) is 0 Å². The van der Waals surface area contributed by atoms with Gasteiger partial charge < -0.3 is 24.4 Å². The van der Waals surface area contributed by atoms with Crippen molar-refractivity contribution in [2.24, 2.45) is 0 Å². The van der Waals surface area contributed by atoms with E-state index in [1.807, 2.05) is 6.92 Å². The number of nitrogens with one attached hydrogen (secondary N) is 1. The van der Waals surface area contributed by atoms with Crippen LogP contribution in [0.25, 0.3) is 0 Å². The molecule has 0 aliphatic carbocycles. The molecule has 2 rings (SSSR count). The van der Waals surface area contributed by atoms with Crippen molar-refractivity contribution in [1.29, 1.82) is 0 Å². The number of nitrogens with zero attached hydrogens (tertiary/aromatic N) is 1. The molecule has 0 bridgehead atoms. The van der Waals surface area contributed by atoms with E-state index in [1.54, 1.807) is 24.1 Å². The van der Waals surface area contributed by atoms with E-state index in [-0.39, 0.29) is 18.0 Å². The van der Waals surface area contributed by atoms with Gasteiger partial charge in [-0.2, -0.15) is 0 Å². The fourth-order valence-corrected chi connectivity index (χ4v) is 3.36. The minimum absolute atomic E-state index is 0.0178. The highest BCUT2D eigenvalue weighted by Crippen LogP contribution is 2.36. The van der Waals surface area contributed by atoms with Crippen LogP contribution < -0.4 is 14.8 Å². The lowest BCUT2D eigenvalue weighted by atomic mass is 10.0. The average molecular weight is 429 g/mol. The van der Waals surface area contributed by atoms with Crippen LogP contribution in [-0.4, -0.2) is 56.9 Å². The maximum Gasteiger partial charge on any atom is 0.409 e. The van der Waals surface area contributed by atoms with E-state index in [4.69, 9.17) is 14.2 Å². The SMILES string of the molecule is CCCOc1c(Br)cc(C(=O)NC2CCN(C(=O)OC)CC2)cc1OC. The van der Waals surface area contributed by atoms with Gasteiger partial charge in [-0.1, -0.05) is 6.92 Å². The lowest BCUT2D eigenvalue weighted by Crippen LogP contribution is -2.46. The molecule has 0 radical (unpaired) electrons. The van der Waals surface area contributed by atoms with Crippen LogP contribution in [-0.2, 0) is 4.74 Å². The van der Waals surface area contributed by atoms with Gasteiger partial charge in [0.05, 0.1) is 25.3 Å². The maximum absolute atomic E-state index is 12.6. The summed E-state index contributed by atoms with van der Waals surface area (Å²) in [5.74, 6) is 0.929. The summed E-state index contributed by atoms with van der Waals surface area (Å²) in [7, 11) is 2.92. The van der Waals surface area contributed by atoms with Gasteiger partial charge in [-0.15, -0.1) is 0 Å². The number of hydrogen-bond acceptors (Lipinski definition) is 5. The highest BCUT2D eigenvalue weighted by atomic mass is 79.9. The van der Waals surface area contributed by atoms with Crippen molar-refractivity contribution in [1.82, 2.24) is 10.2 Å². The predicted octanol–water partition coefficient (Wildman–Crippen LogP) is 3.21. The third-order valence-corrected chi connectivity index (χ3v) is 4.79. The summed E-state index contributed by atoms with van der Waals surface area (Å²) < 4.78 is 16.4. The van der Waals surface area contributed by atoms with Crippen LogP contribution in [0.1, 0.15) is 36.5 Å². The molecule has 2 amide bonds. The van der Waals surface area contributed by atoms with E-state index in [0.717, 1.165) is 6.42 Å². The molecule has 1 saturated heterocycles. The Balaban J connectivity index is 2.01. The van der Waals surface area contributed by atoms with Crippen molar-refractivity contribution in [3.63, 3.8) is 0 Å². The molecule has 0 atom stereocenters. The van der Waals surface area contributed by atoms with Gasteiger partial charge in [0.15, 0.2) is 11.5 Å². The first-order chi connectivity index (χ1) is 12.5. The fraction of sp³-hybridized carbons (Fsp3) is 0.556. The molecule has 7 nitrogen and oxygen atoms in total. The number of piperidine rings is 1. The summed E-state index contributed by atoms with van der Waals surface area (Å²) in [6.07, 6.45) is 1.93. The van der Waals surface area contributed by atoms with Crippen LogP contribution in [0.3, 0.4) is 0 Å². The Hall–Kier alpha value is -1.96. The second kappa shape index (κ2) is 9.66. The van der Waals surface area contributed by atoms with Crippen molar-refractivity contribution in [3.8, 4) is 11.5 Å². The Bertz CT molecular complexity index is 645. The number of amides is 2. The molecule has 0 spiro atoms. The van der Waals surface area contributed by atoms with Gasteiger partial charge in [0, 0.05) is 24.7 Å². The van der Waals surface area contributed by atoms with Crippen molar-refractivity contribution in [2.45, 2.75) is 32.2 Å². The minimum atomic E-state index is -0.328. The molecule has 0 aromatic heterocycles. The predicted molar refractivity (Wildman–Crippen MR) is 101 cm³/mol. The van der Waals surface area contributed by atoms with Crippen molar-refractivity contribution >= 4 is 27.9 Å². The number of carbonyl (C=O) groups excluding carboxylic acids is 2. The third kappa shape index (κ3) is 5.03. The van der Waals surface area contributed by atoms with E-state index >= 15 is 0 Å². The molecule has 1 fully saturated rings. The van der Waals surface area contributed by atoms with Gasteiger partial charge in [-0.05, 0) is 47.3 Å². The lowest BCUT2D eigenvalue weighted by Gasteiger charge is -2.31. The Morgan fingerprint density at radius 2 is 1.96 bits per heavy atom. The van der Waals surface area contributed by atoms with E-state index in [1.165, 1.54) is 7.11 Å². The molecule has 144 valence electrons. The quantitative estimate of drug-likeness (QED) is 0.752. The second-order valence-corrected chi connectivity index (χ2v) is 6.90. The normalized spacial score (nSPS) is 14.7. The molecular formula is C18H25BrN2O5. The Morgan fingerprint density at radius 1 is 1.27 bits per heavy atom. The first kappa shape index (κ1) is 20.4. The zero-order valence-electron chi connectivity index (χ0n) is 15.3. The van der Waals surface area contributed by atoms with E-state index in [2.05, 4.69) is 21.2 Å². The van der Waals surface area contributed by atoms with Gasteiger partial charge in [0.1, 0.15) is 0 Å². The molecule has 0 unspecified atom stereocenters. The third-order valence-electron chi connectivity index (χ3n) is 4.21. The number of benzene rings is 1. The topological polar surface area (TPSA) is 77.1 Å². The van der Waals surface area contributed by atoms with Crippen LogP contribution in [0.5, 0.6) is 11.5 Å². The largest absolute Gasteiger partial charge is 0.493 e. The second-order valence-electron chi connectivity index (χ2n) is 6.04. The number of halogens is 1. The summed E-state index contributed by atoms with van der Waals surface area (Å²) in [6, 6.07) is 3.42. The number of ether oxygens (including phenoxy) is 3. The van der Waals surface area contributed by atoms with E-state index in [9.17, 15) is 9.59 Å². The Kier molecular flexibility index (Phi) is 7.56.